The van der Waals surface area contributed by atoms with Gasteiger partial charge in [0.25, 0.3) is 0 Å². The van der Waals surface area contributed by atoms with Crippen LogP contribution < -0.4 is 10.3 Å². The second-order valence-electron chi connectivity index (χ2n) is 8.16. The zero-order chi connectivity index (χ0) is 20.9. The van der Waals surface area contributed by atoms with E-state index >= 15 is 0 Å². The van der Waals surface area contributed by atoms with Gasteiger partial charge in [-0.2, -0.15) is 10.1 Å². The van der Waals surface area contributed by atoms with Gasteiger partial charge in [-0.15, -0.1) is 0 Å². The van der Waals surface area contributed by atoms with Gasteiger partial charge >= 0.3 is 0 Å². The molecule has 1 saturated carbocycles. The van der Waals surface area contributed by atoms with Gasteiger partial charge in [-0.05, 0) is 43.2 Å². The van der Waals surface area contributed by atoms with Crippen molar-refractivity contribution in [3.05, 3.63) is 36.5 Å². The maximum Gasteiger partial charge on any atom is 0.229 e. The van der Waals surface area contributed by atoms with Gasteiger partial charge in [0.15, 0.2) is 9.84 Å². The molecule has 156 valence electrons. The third kappa shape index (κ3) is 3.13. The molecule has 2 aliphatic rings. The summed E-state index contributed by atoms with van der Waals surface area (Å²) in [6.45, 7) is 0. The first kappa shape index (κ1) is 19.0. The zero-order valence-electron chi connectivity index (χ0n) is 17.0. The fourth-order valence-electron chi connectivity index (χ4n) is 4.45. The highest BCUT2D eigenvalue weighted by molar-refractivity contribution is 7.90. The Morgan fingerprint density at radius 2 is 1.83 bits per heavy atom. The number of nitrogens with one attached hydrogen (secondary N) is 1. The molecule has 8 nitrogen and oxygen atoms in total. The van der Waals surface area contributed by atoms with Crippen LogP contribution in [0, 0.1) is 0 Å². The Morgan fingerprint density at radius 1 is 1.10 bits per heavy atom. The third-order valence-electron chi connectivity index (χ3n) is 6.03. The molecule has 30 heavy (non-hydrogen) atoms. The van der Waals surface area contributed by atoms with Crippen molar-refractivity contribution in [3.63, 3.8) is 0 Å². The third-order valence-corrected chi connectivity index (χ3v) is 7.16. The van der Waals surface area contributed by atoms with Crippen LogP contribution in [0.1, 0.15) is 32.1 Å². The predicted molar refractivity (Wildman–Crippen MR) is 118 cm³/mol. The molecule has 5 rings (SSSR count). The Bertz CT molecular complexity index is 1240. The number of sulfone groups is 1. The summed E-state index contributed by atoms with van der Waals surface area (Å²) >= 11 is 0. The van der Waals surface area contributed by atoms with Crippen LogP contribution in [0.3, 0.4) is 0 Å². The molecular weight excluding hydrogens is 400 g/mol. The number of anilines is 3. The summed E-state index contributed by atoms with van der Waals surface area (Å²) in [5.41, 5.74) is 1.48. The van der Waals surface area contributed by atoms with Gasteiger partial charge in [0.1, 0.15) is 11.5 Å². The highest BCUT2D eigenvalue weighted by Gasteiger charge is 2.38. The van der Waals surface area contributed by atoms with Crippen LogP contribution in [0.4, 0.5) is 17.5 Å². The summed E-state index contributed by atoms with van der Waals surface area (Å²) in [5, 5.41) is 10.7. The van der Waals surface area contributed by atoms with Gasteiger partial charge in [-0.25, -0.2) is 13.4 Å². The molecule has 0 radical (unpaired) electrons. The maximum absolute atomic E-state index is 11.7. The smallest absolute Gasteiger partial charge is 0.229 e. The zero-order valence-corrected chi connectivity index (χ0v) is 17.9. The van der Waals surface area contributed by atoms with E-state index in [4.69, 9.17) is 4.98 Å². The SMILES string of the molecule is CN1N=CC2(CCCCC2)n2c1cc1cnc(Nc3ccc(S(C)(=O)=O)cc3)nc12. The Labute approximate surface area is 175 Å². The van der Waals surface area contributed by atoms with Crippen molar-refractivity contribution in [3.8, 4) is 0 Å². The van der Waals surface area contributed by atoms with Crippen LogP contribution in [-0.2, 0) is 15.4 Å². The molecule has 1 aliphatic heterocycles. The molecule has 3 heterocycles. The number of rotatable bonds is 3. The molecule has 9 heteroatoms. The molecule has 0 bridgehead atoms. The summed E-state index contributed by atoms with van der Waals surface area (Å²) in [5.74, 6) is 1.50. The van der Waals surface area contributed by atoms with Crippen LogP contribution in [-0.4, -0.2) is 42.5 Å². The molecule has 2 aromatic heterocycles. The van der Waals surface area contributed by atoms with Crippen molar-refractivity contribution in [1.82, 2.24) is 14.5 Å². The summed E-state index contributed by atoms with van der Waals surface area (Å²) in [7, 11) is -1.27. The number of hydrazone groups is 1. The molecule has 3 aromatic rings. The maximum atomic E-state index is 11.7. The molecule has 0 unspecified atom stereocenters. The van der Waals surface area contributed by atoms with E-state index < -0.39 is 9.84 Å². The number of fused-ring (bicyclic) bond motifs is 4. The van der Waals surface area contributed by atoms with Crippen LogP contribution in [0.25, 0.3) is 11.0 Å². The van der Waals surface area contributed by atoms with Crippen LogP contribution in [0.2, 0.25) is 0 Å². The molecule has 1 aromatic carbocycles. The lowest BCUT2D eigenvalue weighted by Crippen LogP contribution is -2.42. The van der Waals surface area contributed by atoms with Crippen molar-refractivity contribution in [1.29, 1.82) is 0 Å². The molecule has 0 saturated heterocycles. The van der Waals surface area contributed by atoms with E-state index in [-0.39, 0.29) is 10.4 Å². The van der Waals surface area contributed by atoms with E-state index in [1.165, 1.54) is 25.5 Å². The number of nitrogens with zero attached hydrogens (tertiary/aromatic N) is 5. The Morgan fingerprint density at radius 3 is 2.53 bits per heavy atom. The minimum absolute atomic E-state index is 0.134. The molecule has 1 N–H and O–H groups in total. The lowest BCUT2D eigenvalue weighted by Gasteiger charge is -2.40. The van der Waals surface area contributed by atoms with Crippen molar-refractivity contribution in [2.75, 3.05) is 23.6 Å². The van der Waals surface area contributed by atoms with Crippen molar-refractivity contribution < 1.29 is 8.42 Å². The van der Waals surface area contributed by atoms with Gasteiger partial charge < -0.3 is 5.32 Å². The normalized spacial score (nSPS) is 18.0. The Hall–Kier alpha value is -2.94. The van der Waals surface area contributed by atoms with Crippen LogP contribution in [0.5, 0.6) is 0 Å². The highest BCUT2D eigenvalue weighted by atomic mass is 32.2. The number of hydrogen-bond donors (Lipinski definition) is 1. The predicted octanol–water partition coefficient (Wildman–Crippen LogP) is 3.67. The fourth-order valence-corrected chi connectivity index (χ4v) is 5.09. The van der Waals surface area contributed by atoms with Crippen LogP contribution >= 0.6 is 0 Å². The fraction of sp³-hybridized carbons (Fsp3) is 0.381. The second kappa shape index (κ2) is 6.80. The molecule has 1 spiro atoms. The summed E-state index contributed by atoms with van der Waals surface area (Å²) in [4.78, 5) is 9.58. The van der Waals surface area contributed by atoms with Crippen molar-refractivity contribution in [2.45, 2.75) is 42.5 Å². The average molecular weight is 425 g/mol. The first-order chi connectivity index (χ1) is 14.4. The molecule has 1 fully saturated rings. The summed E-state index contributed by atoms with van der Waals surface area (Å²) in [6, 6.07) is 8.70. The highest BCUT2D eigenvalue weighted by Crippen LogP contribution is 2.42. The standard InChI is InChI=1S/C21H24N6O2S/c1-26-18-12-15-13-22-20(24-16-6-8-17(9-7-16)30(2,28)29)25-19(15)27(18)21(14-23-26)10-4-3-5-11-21/h6-9,12-14H,3-5,10-11H2,1-2H3,(H,22,24,25). The van der Waals surface area contributed by atoms with Gasteiger partial charge in [0.2, 0.25) is 5.95 Å². The average Bonchev–Trinajstić information content (AvgIpc) is 3.12. The minimum Gasteiger partial charge on any atom is -0.324 e. The van der Waals surface area contributed by atoms with Crippen molar-refractivity contribution >= 4 is 44.5 Å². The van der Waals surface area contributed by atoms with Gasteiger partial charge in [0.05, 0.1) is 16.6 Å². The minimum atomic E-state index is -3.22. The Kier molecular flexibility index (Phi) is 4.32. The monoisotopic (exact) mass is 424 g/mol. The number of aromatic nitrogens is 3. The van der Waals surface area contributed by atoms with E-state index in [2.05, 4.69) is 32.3 Å². The van der Waals surface area contributed by atoms with E-state index in [1.807, 2.05) is 18.3 Å². The van der Waals surface area contributed by atoms with Crippen LogP contribution in [0.15, 0.2) is 46.5 Å². The quantitative estimate of drug-likeness (QED) is 0.690. The van der Waals surface area contributed by atoms with Crippen molar-refractivity contribution in [2.24, 2.45) is 5.10 Å². The van der Waals surface area contributed by atoms with E-state index in [0.29, 0.717) is 5.95 Å². The number of benzene rings is 1. The first-order valence-corrected chi connectivity index (χ1v) is 12.0. The summed E-state index contributed by atoms with van der Waals surface area (Å²) < 4.78 is 25.6. The molecule has 0 amide bonds. The second-order valence-corrected chi connectivity index (χ2v) is 10.2. The Balaban J connectivity index is 1.54. The topological polar surface area (TPSA) is 92.5 Å². The van der Waals surface area contributed by atoms with Gasteiger partial charge in [-0.1, -0.05) is 19.3 Å². The first-order valence-electron chi connectivity index (χ1n) is 10.1. The number of hydrogen-bond acceptors (Lipinski definition) is 7. The molecular formula is C21H24N6O2S. The lowest BCUT2D eigenvalue weighted by molar-refractivity contribution is 0.290. The van der Waals surface area contributed by atoms with Gasteiger partial charge in [-0.3, -0.25) is 9.58 Å². The largest absolute Gasteiger partial charge is 0.324 e. The van der Waals surface area contributed by atoms with E-state index in [0.717, 1.165) is 35.4 Å². The lowest BCUT2D eigenvalue weighted by atomic mass is 9.82. The van der Waals surface area contributed by atoms with E-state index in [1.54, 1.807) is 24.3 Å². The van der Waals surface area contributed by atoms with Gasteiger partial charge in [0, 0.05) is 30.6 Å². The molecule has 0 atom stereocenters. The van der Waals surface area contributed by atoms with E-state index in [9.17, 15) is 8.42 Å². The summed E-state index contributed by atoms with van der Waals surface area (Å²) in [6.07, 6.45) is 10.8. The molecule has 1 aliphatic carbocycles.